The number of para-hydroxylation sites is 1. The molecule has 1 fully saturated rings. The van der Waals surface area contributed by atoms with E-state index in [1.165, 1.54) is 17.6 Å². The van der Waals surface area contributed by atoms with Crippen LogP contribution in [0.4, 0.5) is 0 Å². The van der Waals surface area contributed by atoms with Crippen molar-refractivity contribution in [3.63, 3.8) is 0 Å². The number of fused-ring (bicyclic) bond motifs is 1. The van der Waals surface area contributed by atoms with E-state index in [1.807, 2.05) is 31.2 Å². The van der Waals surface area contributed by atoms with Crippen molar-refractivity contribution in [2.75, 3.05) is 20.3 Å². The first-order valence-electron chi connectivity index (χ1n) is 12.0. The standard InChI is InChI=1S/C24H24N4O5S.C2H4O2/c1-14-18-22(30)28(16-7-5-10-25-20(16)29)24(31)27(12-9-15-6-3-4-8-17(15)32-2)23(18)34-19(14)21-26-11-13-33-21;3-1-2-4/h3-4,6,8,11,13,16H,5,7,9-10,12H2,1-2H3,(H,25,29);1,4H,2H2. The van der Waals surface area contributed by atoms with Gasteiger partial charge in [-0.05, 0) is 43.4 Å². The number of carbonyl (C=O) groups is 2. The average Bonchev–Trinajstić information content (AvgIpc) is 3.58. The number of carbonyl (C=O) groups excluding carboxylic acids is 2. The van der Waals surface area contributed by atoms with Gasteiger partial charge in [-0.2, -0.15) is 0 Å². The number of hydrogen-bond acceptors (Lipinski definition) is 9. The van der Waals surface area contributed by atoms with Crippen molar-refractivity contribution in [3.8, 4) is 16.5 Å². The molecule has 0 aliphatic carbocycles. The Kier molecular flexibility index (Phi) is 8.54. The van der Waals surface area contributed by atoms with E-state index in [-0.39, 0.29) is 12.5 Å². The normalized spacial score (nSPS) is 15.0. The number of aromatic nitrogens is 3. The first kappa shape index (κ1) is 27.0. The van der Waals surface area contributed by atoms with Crippen molar-refractivity contribution in [1.29, 1.82) is 0 Å². The smallest absolute Gasteiger partial charge is 0.332 e. The number of piperidine rings is 1. The monoisotopic (exact) mass is 540 g/mol. The molecule has 0 radical (unpaired) electrons. The molecule has 0 bridgehead atoms. The number of aliphatic hydroxyl groups is 1. The van der Waals surface area contributed by atoms with Crippen molar-refractivity contribution in [3.05, 3.63) is 68.7 Å². The lowest BCUT2D eigenvalue weighted by Gasteiger charge is -2.24. The van der Waals surface area contributed by atoms with Gasteiger partial charge in [-0.15, -0.1) is 11.3 Å². The maximum atomic E-state index is 13.7. The summed E-state index contributed by atoms with van der Waals surface area (Å²) in [6, 6.07) is 6.79. The van der Waals surface area contributed by atoms with Crippen LogP contribution >= 0.6 is 11.3 Å². The van der Waals surface area contributed by atoms with E-state index in [4.69, 9.17) is 19.1 Å². The highest BCUT2D eigenvalue weighted by Crippen LogP contribution is 2.36. The SMILES string of the molecule is COc1ccccc1CCn1c(=O)n(C2CCCNC2=O)c(=O)c2c(C)c(-c3ncco3)sc21.O=CCO. The first-order chi connectivity index (χ1) is 18.4. The molecular formula is C26H28N4O7S. The van der Waals surface area contributed by atoms with Crippen LogP contribution < -0.4 is 21.3 Å². The van der Waals surface area contributed by atoms with Gasteiger partial charge in [0, 0.05) is 13.1 Å². The number of aldehydes is 1. The Balaban J connectivity index is 0.000000786. The number of ether oxygens (including phenoxy) is 1. The molecule has 0 spiro atoms. The summed E-state index contributed by atoms with van der Waals surface area (Å²) in [7, 11) is 1.61. The zero-order valence-electron chi connectivity index (χ0n) is 21.0. The second-order valence-electron chi connectivity index (χ2n) is 8.54. The summed E-state index contributed by atoms with van der Waals surface area (Å²) in [5.41, 5.74) is 0.680. The molecule has 4 aromatic rings. The maximum absolute atomic E-state index is 13.7. The number of aliphatic hydroxyl groups excluding tert-OH is 1. The minimum atomic E-state index is -0.833. The number of rotatable bonds is 7. The summed E-state index contributed by atoms with van der Waals surface area (Å²) in [5.74, 6) is 0.820. The third kappa shape index (κ3) is 5.18. The fourth-order valence-corrected chi connectivity index (χ4v) is 5.78. The molecule has 3 aromatic heterocycles. The van der Waals surface area contributed by atoms with E-state index in [0.717, 1.165) is 15.9 Å². The lowest BCUT2D eigenvalue weighted by Crippen LogP contribution is -2.49. The number of oxazole rings is 1. The Morgan fingerprint density at radius 1 is 1.29 bits per heavy atom. The van der Waals surface area contributed by atoms with Gasteiger partial charge in [0.1, 0.15) is 29.2 Å². The maximum Gasteiger partial charge on any atom is 0.332 e. The topological polar surface area (TPSA) is 146 Å². The third-order valence-corrected chi connectivity index (χ3v) is 7.61. The molecule has 12 heteroatoms. The molecule has 1 aliphatic heterocycles. The molecule has 4 heterocycles. The Hall–Kier alpha value is -4.03. The quantitative estimate of drug-likeness (QED) is 0.339. The van der Waals surface area contributed by atoms with E-state index in [2.05, 4.69) is 10.3 Å². The van der Waals surface area contributed by atoms with Crippen molar-refractivity contribution >= 4 is 33.7 Å². The van der Waals surface area contributed by atoms with Crippen LogP contribution in [0.5, 0.6) is 5.75 Å². The predicted molar refractivity (Wildman–Crippen MR) is 142 cm³/mol. The van der Waals surface area contributed by atoms with Crippen molar-refractivity contribution in [1.82, 2.24) is 19.4 Å². The van der Waals surface area contributed by atoms with Crippen molar-refractivity contribution < 1.29 is 23.8 Å². The molecule has 1 aromatic carbocycles. The molecule has 1 saturated heterocycles. The van der Waals surface area contributed by atoms with Gasteiger partial charge in [0.2, 0.25) is 11.8 Å². The van der Waals surface area contributed by atoms with Crippen molar-refractivity contribution in [2.45, 2.75) is 38.8 Å². The Morgan fingerprint density at radius 2 is 2.05 bits per heavy atom. The van der Waals surface area contributed by atoms with E-state index >= 15 is 0 Å². The summed E-state index contributed by atoms with van der Waals surface area (Å²) < 4.78 is 13.7. The molecule has 1 unspecified atom stereocenters. The second kappa shape index (κ2) is 12.0. The van der Waals surface area contributed by atoms with Crippen LogP contribution in [0.1, 0.15) is 30.0 Å². The van der Waals surface area contributed by atoms with Crippen LogP contribution in [-0.2, 0) is 22.6 Å². The van der Waals surface area contributed by atoms with Gasteiger partial charge in [0.05, 0.1) is 30.2 Å². The molecular weight excluding hydrogens is 512 g/mol. The molecule has 2 N–H and O–H groups in total. The Morgan fingerprint density at radius 3 is 2.71 bits per heavy atom. The van der Waals surface area contributed by atoms with Crippen LogP contribution in [0.2, 0.25) is 0 Å². The van der Waals surface area contributed by atoms with Gasteiger partial charge in [0.25, 0.3) is 5.56 Å². The zero-order chi connectivity index (χ0) is 27.2. The highest BCUT2D eigenvalue weighted by atomic mass is 32.1. The zero-order valence-corrected chi connectivity index (χ0v) is 21.8. The van der Waals surface area contributed by atoms with Crippen LogP contribution in [0.25, 0.3) is 21.0 Å². The number of benzene rings is 1. The van der Waals surface area contributed by atoms with Gasteiger partial charge < -0.3 is 24.4 Å². The summed E-state index contributed by atoms with van der Waals surface area (Å²) >= 11 is 1.30. The number of aryl methyl sites for hydroxylation is 3. The molecule has 1 amide bonds. The molecule has 11 nitrogen and oxygen atoms in total. The highest BCUT2D eigenvalue weighted by Gasteiger charge is 2.30. The summed E-state index contributed by atoms with van der Waals surface area (Å²) in [4.78, 5) is 54.4. The number of methoxy groups -OCH3 is 1. The number of amides is 1. The minimum absolute atomic E-state index is 0.304. The van der Waals surface area contributed by atoms with Crippen molar-refractivity contribution in [2.24, 2.45) is 0 Å². The van der Waals surface area contributed by atoms with Crippen LogP contribution in [0.3, 0.4) is 0 Å². The van der Waals surface area contributed by atoms with Crippen LogP contribution in [0, 0.1) is 6.92 Å². The molecule has 1 aliphatic rings. The van der Waals surface area contributed by atoms with Crippen LogP contribution in [-0.4, -0.2) is 51.7 Å². The fourth-order valence-electron chi connectivity index (χ4n) is 4.52. The lowest BCUT2D eigenvalue weighted by atomic mass is 10.1. The highest BCUT2D eigenvalue weighted by molar-refractivity contribution is 7.22. The number of nitrogens with zero attached hydrogens (tertiary/aromatic N) is 3. The second-order valence-corrected chi connectivity index (χ2v) is 9.54. The summed E-state index contributed by atoms with van der Waals surface area (Å²) in [5, 5.41) is 10.7. The molecule has 200 valence electrons. The first-order valence-corrected chi connectivity index (χ1v) is 12.9. The Bertz CT molecular complexity index is 1550. The largest absolute Gasteiger partial charge is 0.496 e. The number of nitrogens with one attached hydrogen (secondary N) is 1. The van der Waals surface area contributed by atoms with E-state index in [1.54, 1.807) is 17.9 Å². The van der Waals surface area contributed by atoms with Gasteiger partial charge in [0.15, 0.2) is 0 Å². The average molecular weight is 541 g/mol. The number of hydrogen-bond donors (Lipinski definition) is 2. The van der Waals surface area contributed by atoms with Gasteiger partial charge in [-0.1, -0.05) is 18.2 Å². The lowest BCUT2D eigenvalue weighted by molar-refractivity contribution is -0.126. The molecule has 1 atom stereocenters. The van der Waals surface area contributed by atoms with E-state index in [0.29, 0.717) is 65.2 Å². The Labute approximate surface area is 221 Å². The minimum Gasteiger partial charge on any atom is -0.496 e. The molecule has 38 heavy (non-hydrogen) atoms. The number of thiophene rings is 1. The van der Waals surface area contributed by atoms with Gasteiger partial charge in [-0.25, -0.2) is 14.3 Å². The molecule has 0 saturated carbocycles. The van der Waals surface area contributed by atoms with Gasteiger partial charge >= 0.3 is 5.69 Å². The molecule has 5 rings (SSSR count). The summed E-state index contributed by atoms with van der Waals surface area (Å²) in [6.07, 6.45) is 5.09. The predicted octanol–water partition coefficient (Wildman–Crippen LogP) is 2.07. The fraction of sp³-hybridized carbons (Fsp3) is 0.346. The summed E-state index contributed by atoms with van der Waals surface area (Å²) in [6.45, 7) is 2.31. The third-order valence-electron chi connectivity index (χ3n) is 6.31. The van der Waals surface area contributed by atoms with E-state index < -0.39 is 17.3 Å². The van der Waals surface area contributed by atoms with Crippen LogP contribution in [0.15, 0.2) is 50.7 Å². The van der Waals surface area contributed by atoms with Gasteiger partial charge in [-0.3, -0.25) is 14.2 Å². The van der Waals surface area contributed by atoms with E-state index in [9.17, 15) is 14.4 Å².